The fraction of sp³-hybridized carbons (Fsp3) is 0.250. The summed E-state index contributed by atoms with van der Waals surface area (Å²) in [7, 11) is 0. The zero-order valence-electron chi connectivity index (χ0n) is 15.2. The molecule has 6 nitrogen and oxygen atoms in total. The summed E-state index contributed by atoms with van der Waals surface area (Å²) in [6.07, 6.45) is 0. The van der Waals surface area contributed by atoms with Gasteiger partial charge in [0.1, 0.15) is 6.54 Å². The maximum Gasteiger partial charge on any atom is 0.244 e. The molecule has 0 aliphatic heterocycles. The van der Waals surface area contributed by atoms with Gasteiger partial charge in [0.15, 0.2) is 0 Å². The molecule has 0 radical (unpaired) electrons. The lowest BCUT2D eigenvalue weighted by Crippen LogP contribution is -2.36. The van der Waals surface area contributed by atoms with Gasteiger partial charge >= 0.3 is 0 Å². The van der Waals surface area contributed by atoms with E-state index in [0.29, 0.717) is 17.9 Å². The van der Waals surface area contributed by atoms with Gasteiger partial charge in [0.25, 0.3) is 0 Å². The Kier molecular flexibility index (Phi) is 6.49. The third-order valence-corrected chi connectivity index (χ3v) is 3.89. The molecule has 0 aliphatic carbocycles. The van der Waals surface area contributed by atoms with Crippen molar-refractivity contribution in [2.24, 2.45) is 0 Å². The number of amides is 3. The van der Waals surface area contributed by atoms with E-state index in [2.05, 4.69) is 10.6 Å². The van der Waals surface area contributed by atoms with Crippen molar-refractivity contribution in [3.63, 3.8) is 0 Å². The van der Waals surface area contributed by atoms with Crippen molar-refractivity contribution >= 4 is 29.1 Å². The minimum atomic E-state index is -0.277. The van der Waals surface area contributed by atoms with E-state index < -0.39 is 0 Å². The number of hydrogen-bond donors (Lipinski definition) is 2. The van der Waals surface area contributed by atoms with Gasteiger partial charge in [0, 0.05) is 31.8 Å². The number of hydrogen-bond acceptors (Lipinski definition) is 3. The molecule has 0 atom stereocenters. The van der Waals surface area contributed by atoms with Crippen LogP contribution in [0.15, 0.2) is 48.5 Å². The largest absolute Gasteiger partial charge is 0.329 e. The topological polar surface area (TPSA) is 78.5 Å². The normalized spacial score (nSPS) is 10.1. The molecule has 2 N–H and O–H groups in total. The van der Waals surface area contributed by atoms with Crippen LogP contribution in [-0.2, 0) is 20.9 Å². The molecular formula is C20H23N3O3. The van der Waals surface area contributed by atoms with Crippen LogP contribution in [0.2, 0.25) is 0 Å². The van der Waals surface area contributed by atoms with Crippen molar-refractivity contribution in [1.82, 2.24) is 4.90 Å². The number of carbonyl (C=O) groups is 3. The third kappa shape index (κ3) is 5.73. The predicted octanol–water partition coefficient (Wildman–Crippen LogP) is 2.94. The van der Waals surface area contributed by atoms with E-state index in [1.165, 1.54) is 18.7 Å². The third-order valence-electron chi connectivity index (χ3n) is 3.89. The SMILES string of the molecule is CC(=O)Nc1ccc(NC(=O)CN(Cc2ccccc2C)C(C)=O)cc1. The molecule has 0 fully saturated rings. The Morgan fingerprint density at radius 1 is 0.885 bits per heavy atom. The Morgan fingerprint density at radius 3 is 2.00 bits per heavy atom. The molecule has 0 saturated carbocycles. The zero-order valence-corrected chi connectivity index (χ0v) is 15.2. The summed E-state index contributed by atoms with van der Waals surface area (Å²) in [5.74, 6) is -0.597. The molecule has 136 valence electrons. The maximum atomic E-state index is 12.3. The second kappa shape index (κ2) is 8.80. The highest BCUT2D eigenvalue weighted by atomic mass is 16.2. The number of rotatable bonds is 6. The highest BCUT2D eigenvalue weighted by Gasteiger charge is 2.15. The molecule has 0 unspecified atom stereocenters. The van der Waals surface area contributed by atoms with Gasteiger partial charge in [-0.25, -0.2) is 0 Å². The van der Waals surface area contributed by atoms with E-state index in [1.54, 1.807) is 24.3 Å². The van der Waals surface area contributed by atoms with Crippen LogP contribution >= 0.6 is 0 Å². The molecule has 0 bridgehead atoms. The van der Waals surface area contributed by atoms with Crippen molar-refractivity contribution in [3.05, 3.63) is 59.7 Å². The van der Waals surface area contributed by atoms with Crippen LogP contribution in [0.4, 0.5) is 11.4 Å². The highest BCUT2D eigenvalue weighted by Crippen LogP contribution is 2.14. The van der Waals surface area contributed by atoms with Crippen LogP contribution in [0.25, 0.3) is 0 Å². The summed E-state index contributed by atoms with van der Waals surface area (Å²) < 4.78 is 0. The molecule has 2 aromatic rings. The van der Waals surface area contributed by atoms with Crippen molar-refractivity contribution in [2.45, 2.75) is 27.3 Å². The van der Waals surface area contributed by atoms with Crippen molar-refractivity contribution in [1.29, 1.82) is 0 Å². The fourth-order valence-corrected chi connectivity index (χ4v) is 2.49. The Labute approximate surface area is 153 Å². The molecular weight excluding hydrogens is 330 g/mol. The molecule has 0 spiro atoms. The van der Waals surface area contributed by atoms with E-state index in [-0.39, 0.29) is 24.3 Å². The molecule has 2 rings (SSSR count). The number of benzene rings is 2. The Hall–Kier alpha value is -3.15. The molecule has 0 aliphatic rings. The lowest BCUT2D eigenvalue weighted by molar-refractivity contribution is -0.133. The predicted molar refractivity (Wildman–Crippen MR) is 102 cm³/mol. The van der Waals surface area contributed by atoms with E-state index >= 15 is 0 Å². The molecule has 3 amide bonds. The quantitative estimate of drug-likeness (QED) is 0.838. The first-order valence-corrected chi connectivity index (χ1v) is 8.32. The summed E-state index contributed by atoms with van der Waals surface area (Å²) in [5.41, 5.74) is 3.34. The summed E-state index contributed by atoms with van der Waals surface area (Å²) in [6, 6.07) is 14.6. The van der Waals surface area contributed by atoms with Crippen LogP contribution in [0, 0.1) is 6.92 Å². The van der Waals surface area contributed by atoms with Crippen molar-refractivity contribution in [3.8, 4) is 0 Å². The van der Waals surface area contributed by atoms with Gasteiger partial charge < -0.3 is 15.5 Å². The van der Waals surface area contributed by atoms with Crippen molar-refractivity contribution < 1.29 is 14.4 Å². The van der Waals surface area contributed by atoms with Crippen LogP contribution in [0.5, 0.6) is 0 Å². The van der Waals surface area contributed by atoms with Gasteiger partial charge in [-0.2, -0.15) is 0 Å². The standard InChI is InChI=1S/C20H23N3O3/c1-14-6-4-5-7-17(14)12-23(16(3)25)13-20(26)22-19-10-8-18(9-11-19)21-15(2)24/h4-11H,12-13H2,1-3H3,(H,21,24)(H,22,26). The second-order valence-corrected chi connectivity index (χ2v) is 6.11. The Balaban J connectivity index is 1.98. The first-order valence-electron chi connectivity index (χ1n) is 8.32. The summed E-state index contributed by atoms with van der Waals surface area (Å²) >= 11 is 0. The maximum absolute atomic E-state index is 12.3. The van der Waals surface area contributed by atoms with Crippen LogP contribution in [-0.4, -0.2) is 29.2 Å². The molecule has 0 heterocycles. The average molecular weight is 353 g/mol. The summed E-state index contributed by atoms with van der Waals surface area (Å²) in [6.45, 7) is 5.21. The highest BCUT2D eigenvalue weighted by molar-refractivity contribution is 5.95. The molecule has 0 saturated heterocycles. The number of anilines is 2. The van der Waals surface area contributed by atoms with Crippen LogP contribution < -0.4 is 10.6 Å². The number of carbonyl (C=O) groups excluding carboxylic acids is 3. The first-order chi connectivity index (χ1) is 12.3. The minimum absolute atomic E-state index is 0.0306. The second-order valence-electron chi connectivity index (χ2n) is 6.11. The smallest absolute Gasteiger partial charge is 0.244 e. The van der Waals surface area contributed by atoms with Gasteiger partial charge in [0.2, 0.25) is 17.7 Å². The molecule has 0 aromatic heterocycles. The Morgan fingerprint density at radius 2 is 1.46 bits per heavy atom. The lowest BCUT2D eigenvalue weighted by Gasteiger charge is -2.21. The number of nitrogens with one attached hydrogen (secondary N) is 2. The van der Waals surface area contributed by atoms with Crippen LogP contribution in [0.1, 0.15) is 25.0 Å². The first kappa shape index (κ1) is 19.2. The Bertz CT molecular complexity index is 800. The van der Waals surface area contributed by atoms with Gasteiger partial charge in [-0.05, 0) is 42.3 Å². The van der Waals surface area contributed by atoms with Gasteiger partial charge in [0.05, 0.1) is 0 Å². The van der Waals surface area contributed by atoms with Gasteiger partial charge in [-0.1, -0.05) is 24.3 Å². The molecule has 2 aromatic carbocycles. The number of aryl methyl sites for hydroxylation is 1. The fourth-order valence-electron chi connectivity index (χ4n) is 2.49. The van der Waals surface area contributed by atoms with E-state index in [1.807, 2.05) is 31.2 Å². The number of nitrogens with zero attached hydrogens (tertiary/aromatic N) is 1. The molecule has 26 heavy (non-hydrogen) atoms. The van der Waals surface area contributed by atoms with Gasteiger partial charge in [-0.15, -0.1) is 0 Å². The minimum Gasteiger partial charge on any atom is -0.329 e. The monoisotopic (exact) mass is 353 g/mol. The molecule has 6 heteroatoms. The summed E-state index contributed by atoms with van der Waals surface area (Å²) in [4.78, 5) is 36.7. The van der Waals surface area contributed by atoms with Gasteiger partial charge in [-0.3, -0.25) is 14.4 Å². The average Bonchev–Trinajstić information content (AvgIpc) is 2.57. The van der Waals surface area contributed by atoms with E-state index in [0.717, 1.165) is 11.1 Å². The van der Waals surface area contributed by atoms with E-state index in [4.69, 9.17) is 0 Å². The lowest BCUT2D eigenvalue weighted by atomic mass is 10.1. The summed E-state index contributed by atoms with van der Waals surface area (Å²) in [5, 5.41) is 5.42. The van der Waals surface area contributed by atoms with E-state index in [9.17, 15) is 14.4 Å². The zero-order chi connectivity index (χ0) is 19.1. The van der Waals surface area contributed by atoms with Crippen molar-refractivity contribution in [2.75, 3.05) is 17.2 Å². The van der Waals surface area contributed by atoms with Crippen LogP contribution in [0.3, 0.4) is 0 Å².